The highest BCUT2D eigenvalue weighted by Gasteiger charge is 2.30. The quantitative estimate of drug-likeness (QED) is 0.882. The molecule has 0 heterocycles. The van der Waals surface area contributed by atoms with Gasteiger partial charge in [-0.25, -0.2) is 13.1 Å². The highest BCUT2D eigenvalue weighted by molar-refractivity contribution is 9.10. The summed E-state index contributed by atoms with van der Waals surface area (Å²) in [6.45, 7) is 1.80. The first-order valence-electron chi connectivity index (χ1n) is 6.29. The minimum Gasteiger partial charge on any atom is -0.390 e. The molecule has 2 N–H and O–H groups in total. The van der Waals surface area contributed by atoms with Crippen LogP contribution in [0.3, 0.4) is 0 Å². The van der Waals surface area contributed by atoms with Gasteiger partial charge >= 0.3 is 0 Å². The fourth-order valence-electron chi connectivity index (χ4n) is 2.26. The molecule has 0 spiro atoms. The number of rotatable bonds is 3. The van der Waals surface area contributed by atoms with Gasteiger partial charge in [-0.3, -0.25) is 0 Å². The van der Waals surface area contributed by atoms with Gasteiger partial charge in [0.1, 0.15) is 0 Å². The Bertz CT molecular complexity index is 530. The van der Waals surface area contributed by atoms with Gasteiger partial charge in [-0.1, -0.05) is 15.9 Å². The smallest absolute Gasteiger partial charge is 0.240 e. The Morgan fingerprint density at radius 3 is 2.32 bits per heavy atom. The van der Waals surface area contributed by atoms with Crippen molar-refractivity contribution in [1.82, 2.24) is 4.72 Å². The molecule has 0 saturated heterocycles. The standard InChI is InChI=1S/C13H18BrNO3S/c1-13(16)8-6-11(7-9-13)15-19(17,18)12-4-2-10(14)3-5-12/h2-5,11,15-16H,6-9H2,1H3/t11-,13-. The third-order valence-corrected chi connectivity index (χ3v) is 5.57. The summed E-state index contributed by atoms with van der Waals surface area (Å²) in [6.07, 6.45) is 2.59. The summed E-state index contributed by atoms with van der Waals surface area (Å²) >= 11 is 3.28. The lowest BCUT2D eigenvalue weighted by Crippen LogP contribution is -2.42. The summed E-state index contributed by atoms with van der Waals surface area (Å²) in [7, 11) is -3.47. The molecule has 0 unspecified atom stereocenters. The molecule has 0 aliphatic heterocycles. The molecule has 6 heteroatoms. The van der Waals surface area contributed by atoms with Gasteiger partial charge < -0.3 is 5.11 Å². The molecule has 1 fully saturated rings. The van der Waals surface area contributed by atoms with Crippen molar-refractivity contribution in [2.75, 3.05) is 0 Å². The van der Waals surface area contributed by atoms with E-state index in [-0.39, 0.29) is 10.9 Å². The second kappa shape index (κ2) is 5.52. The minimum atomic E-state index is -3.47. The topological polar surface area (TPSA) is 66.4 Å². The van der Waals surface area contributed by atoms with Crippen LogP contribution in [0.15, 0.2) is 33.6 Å². The van der Waals surface area contributed by atoms with Crippen molar-refractivity contribution in [2.24, 2.45) is 0 Å². The monoisotopic (exact) mass is 347 g/mol. The molecular formula is C13H18BrNO3S. The molecule has 106 valence electrons. The predicted molar refractivity (Wildman–Crippen MR) is 77.3 cm³/mol. The molecule has 4 nitrogen and oxygen atoms in total. The molecule has 1 aromatic rings. The minimum absolute atomic E-state index is 0.0890. The first-order chi connectivity index (χ1) is 8.78. The zero-order chi connectivity index (χ0) is 14.1. The second-order valence-electron chi connectivity index (χ2n) is 5.35. The molecule has 0 atom stereocenters. The van der Waals surface area contributed by atoms with E-state index in [1.165, 1.54) is 0 Å². The van der Waals surface area contributed by atoms with E-state index in [2.05, 4.69) is 20.7 Å². The van der Waals surface area contributed by atoms with E-state index in [0.29, 0.717) is 25.7 Å². The second-order valence-corrected chi connectivity index (χ2v) is 7.98. The Morgan fingerprint density at radius 1 is 1.26 bits per heavy atom. The van der Waals surface area contributed by atoms with Gasteiger partial charge in [0.25, 0.3) is 0 Å². The Balaban J connectivity index is 2.04. The molecule has 19 heavy (non-hydrogen) atoms. The van der Waals surface area contributed by atoms with Crippen LogP contribution in [-0.4, -0.2) is 25.2 Å². The number of sulfonamides is 1. The molecule has 1 aromatic carbocycles. The largest absolute Gasteiger partial charge is 0.390 e. The van der Waals surface area contributed by atoms with Crippen LogP contribution >= 0.6 is 15.9 Å². The Morgan fingerprint density at radius 2 is 1.79 bits per heavy atom. The first-order valence-corrected chi connectivity index (χ1v) is 8.56. The SMILES string of the molecule is C[C@]1(O)CC[C@H](NS(=O)(=O)c2ccc(Br)cc2)CC1. The molecule has 0 aromatic heterocycles. The van der Waals surface area contributed by atoms with Crippen molar-refractivity contribution in [2.45, 2.75) is 49.1 Å². The predicted octanol–water partition coefficient (Wildman–Crippen LogP) is 2.42. The molecule has 0 bridgehead atoms. The summed E-state index contributed by atoms with van der Waals surface area (Å²) in [4.78, 5) is 0.271. The van der Waals surface area contributed by atoms with Crippen LogP contribution in [0.5, 0.6) is 0 Å². The lowest BCUT2D eigenvalue weighted by molar-refractivity contribution is 0.0163. The highest BCUT2D eigenvalue weighted by Crippen LogP contribution is 2.28. The van der Waals surface area contributed by atoms with Crippen LogP contribution in [-0.2, 0) is 10.0 Å². The Kier molecular flexibility index (Phi) is 4.35. The summed E-state index contributed by atoms with van der Waals surface area (Å²) in [5.74, 6) is 0. The zero-order valence-corrected chi connectivity index (χ0v) is 13.2. The first kappa shape index (κ1) is 15.0. The van der Waals surface area contributed by atoms with E-state index >= 15 is 0 Å². The number of nitrogens with one attached hydrogen (secondary N) is 1. The molecule has 0 amide bonds. The molecule has 1 aliphatic carbocycles. The maximum Gasteiger partial charge on any atom is 0.240 e. The highest BCUT2D eigenvalue weighted by atomic mass is 79.9. The Hall–Kier alpha value is -0.430. The van der Waals surface area contributed by atoms with Gasteiger partial charge in [0.15, 0.2) is 0 Å². The molecular weight excluding hydrogens is 330 g/mol. The molecule has 1 saturated carbocycles. The van der Waals surface area contributed by atoms with Crippen LogP contribution in [0.1, 0.15) is 32.6 Å². The van der Waals surface area contributed by atoms with E-state index in [0.717, 1.165) is 4.47 Å². The lowest BCUT2D eigenvalue weighted by atomic mass is 9.84. The van der Waals surface area contributed by atoms with Crippen LogP contribution in [0, 0.1) is 0 Å². The van der Waals surface area contributed by atoms with Crippen molar-refractivity contribution in [3.63, 3.8) is 0 Å². The van der Waals surface area contributed by atoms with Gasteiger partial charge in [0.05, 0.1) is 10.5 Å². The van der Waals surface area contributed by atoms with E-state index in [9.17, 15) is 13.5 Å². The summed E-state index contributed by atoms with van der Waals surface area (Å²) in [6, 6.07) is 6.48. The molecule has 1 aliphatic rings. The number of benzene rings is 1. The number of hydrogen-bond acceptors (Lipinski definition) is 3. The van der Waals surface area contributed by atoms with Gasteiger partial charge in [0, 0.05) is 10.5 Å². The van der Waals surface area contributed by atoms with Crippen LogP contribution in [0.2, 0.25) is 0 Å². The van der Waals surface area contributed by atoms with E-state index in [1.807, 2.05) is 0 Å². The normalized spacial score (nSPS) is 28.3. The zero-order valence-electron chi connectivity index (χ0n) is 10.8. The van der Waals surface area contributed by atoms with Gasteiger partial charge in [-0.05, 0) is 56.9 Å². The van der Waals surface area contributed by atoms with E-state index < -0.39 is 15.6 Å². The molecule has 0 radical (unpaired) electrons. The van der Waals surface area contributed by atoms with Crippen molar-refractivity contribution < 1.29 is 13.5 Å². The van der Waals surface area contributed by atoms with Crippen molar-refractivity contribution in [1.29, 1.82) is 0 Å². The van der Waals surface area contributed by atoms with Gasteiger partial charge in [-0.15, -0.1) is 0 Å². The van der Waals surface area contributed by atoms with Crippen LogP contribution in [0.25, 0.3) is 0 Å². The average Bonchev–Trinajstić information content (AvgIpc) is 2.32. The third kappa shape index (κ3) is 4.02. The lowest BCUT2D eigenvalue weighted by Gasteiger charge is -2.33. The van der Waals surface area contributed by atoms with Crippen molar-refractivity contribution in [3.05, 3.63) is 28.7 Å². The van der Waals surface area contributed by atoms with E-state index in [1.54, 1.807) is 31.2 Å². The number of hydrogen-bond donors (Lipinski definition) is 2. The van der Waals surface area contributed by atoms with Gasteiger partial charge in [-0.2, -0.15) is 0 Å². The van der Waals surface area contributed by atoms with Crippen LogP contribution < -0.4 is 4.72 Å². The Labute approximate surface area is 122 Å². The fraction of sp³-hybridized carbons (Fsp3) is 0.538. The van der Waals surface area contributed by atoms with Crippen molar-refractivity contribution >= 4 is 26.0 Å². The maximum absolute atomic E-state index is 12.2. The van der Waals surface area contributed by atoms with Crippen molar-refractivity contribution in [3.8, 4) is 0 Å². The van der Waals surface area contributed by atoms with Gasteiger partial charge in [0.2, 0.25) is 10.0 Å². The third-order valence-electron chi connectivity index (χ3n) is 3.51. The van der Waals surface area contributed by atoms with E-state index in [4.69, 9.17) is 0 Å². The summed E-state index contributed by atoms with van der Waals surface area (Å²) in [5.41, 5.74) is -0.653. The fourth-order valence-corrected chi connectivity index (χ4v) is 3.83. The maximum atomic E-state index is 12.2. The van der Waals surface area contributed by atoms with Crippen LogP contribution in [0.4, 0.5) is 0 Å². The number of halogens is 1. The average molecular weight is 348 g/mol. The molecule has 2 rings (SSSR count). The number of aliphatic hydroxyl groups is 1. The summed E-state index contributed by atoms with van der Waals surface area (Å²) in [5, 5.41) is 9.86. The summed E-state index contributed by atoms with van der Waals surface area (Å²) < 4.78 is 27.9.